The molecule has 0 fully saturated rings. The molecule has 0 bridgehead atoms. The van der Waals surface area contributed by atoms with Crippen molar-refractivity contribution in [2.75, 3.05) is 11.9 Å². The summed E-state index contributed by atoms with van der Waals surface area (Å²) in [6, 6.07) is 9.62. The third-order valence-corrected chi connectivity index (χ3v) is 4.11. The van der Waals surface area contributed by atoms with Gasteiger partial charge in [-0.3, -0.25) is 9.59 Å². The maximum absolute atomic E-state index is 11.8. The molecule has 1 aliphatic heterocycles. The minimum atomic E-state index is -0.0296. The molecule has 2 N–H and O–H groups in total. The second kappa shape index (κ2) is 5.46. The molecule has 3 rings (SSSR count). The Morgan fingerprint density at radius 3 is 3.05 bits per heavy atom. The second-order valence-electron chi connectivity index (χ2n) is 4.70. The summed E-state index contributed by atoms with van der Waals surface area (Å²) in [5, 5.41) is 7.60. The molecule has 0 atom stereocenters. The van der Waals surface area contributed by atoms with E-state index in [1.807, 2.05) is 35.7 Å². The van der Waals surface area contributed by atoms with E-state index in [0.717, 1.165) is 28.1 Å². The van der Waals surface area contributed by atoms with Gasteiger partial charge in [0.05, 0.1) is 11.3 Å². The fraction of sp³-hybridized carbons (Fsp3) is 0.200. The van der Waals surface area contributed by atoms with E-state index in [9.17, 15) is 9.59 Å². The average Bonchev–Trinajstić information content (AvgIpc) is 3.05. The Morgan fingerprint density at radius 2 is 2.25 bits per heavy atom. The fourth-order valence-corrected chi connectivity index (χ4v) is 2.89. The van der Waals surface area contributed by atoms with Gasteiger partial charge in [-0.15, -0.1) is 11.3 Å². The van der Waals surface area contributed by atoms with Crippen LogP contribution >= 0.6 is 11.3 Å². The van der Waals surface area contributed by atoms with Crippen LogP contribution in [0.15, 0.2) is 35.7 Å². The number of hydrogen-bond acceptors (Lipinski definition) is 3. The van der Waals surface area contributed by atoms with E-state index in [0.29, 0.717) is 13.0 Å². The number of carbonyl (C=O) groups is 2. The highest BCUT2D eigenvalue weighted by Crippen LogP contribution is 2.23. The van der Waals surface area contributed by atoms with Crippen LogP contribution in [0.4, 0.5) is 5.69 Å². The number of carbonyl (C=O) groups excluding carboxylic acids is 2. The van der Waals surface area contributed by atoms with Gasteiger partial charge in [-0.25, -0.2) is 0 Å². The highest BCUT2D eigenvalue weighted by Gasteiger charge is 2.17. The van der Waals surface area contributed by atoms with Crippen molar-refractivity contribution in [1.82, 2.24) is 5.32 Å². The van der Waals surface area contributed by atoms with Gasteiger partial charge in [-0.2, -0.15) is 0 Å². The Balaban J connectivity index is 1.56. The van der Waals surface area contributed by atoms with Crippen molar-refractivity contribution < 1.29 is 9.59 Å². The smallest absolute Gasteiger partial charge is 0.261 e. The molecule has 1 aromatic carbocycles. The Hall–Kier alpha value is -2.14. The third-order valence-electron chi connectivity index (χ3n) is 3.24. The van der Waals surface area contributed by atoms with Crippen molar-refractivity contribution in [3.63, 3.8) is 0 Å². The largest absolute Gasteiger partial charge is 0.351 e. The molecular weight excluding hydrogens is 272 g/mol. The summed E-state index contributed by atoms with van der Waals surface area (Å²) in [6.07, 6.45) is 1.21. The van der Waals surface area contributed by atoms with E-state index < -0.39 is 0 Å². The molecule has 2 heterocycles. The van der Waals surface area contributed by atoms with Crippen LogP contribution in [-0.4, -0.2) is 18.4 Å². The molecule has 4 nitrogen and oxygen atoms in total. The van der Waals surface area contributed by atoms with Crippen LogP contribution in [0.2, 0.25) is 0 Å². The standard InChI is InChI=1S/C15H14N2O2S/c18-14-9-11-8-10(3-4-12(11)17-14)5-6-16-15(19)13-2-1-7-20-13/h1-4,7-8H,5-6,9H2,(H,16,19)(H,17,18). The first-order valence-electron chi connectivity index (χ1n) is 6.46. The zero-order chi connectivity index (χ0) is 13.9. The predicted molar refractivity (Wildman–Crippen MR) is 79.1 cm³/mol. The van der Waals surface area contributed by atoms with E-state index in [1.54, 1.807) is 0 Å². The summed E-state index contributed by atoms with van der Waals surface area (Å²) in [6.45, 7) is 0.594. The lowest BCUT2D eigenvalue weighted by molar-refractivity contribution is -0.115. The first-order chi connectivity index (χ1) is 9.72. The molecule has 0 radical (unpaired) electrons. The van der Waals surface area contributed by atoms with Gasteiger partial charge in [-0.05, 0) is 35.1 Å². The maximum atomic E-state index is 11.8. The van der Waals surface area contributed by atoms with E-state index in [-0.39, 0.29) is 11.8 Å². The summed E-state index contributed by atoms with van der Waals surface area (Å²) in [5.41, 5.74) is 3.07. The molecule has 0 spiro atoms. The van der Waals surface area contributed by atoms with Crippen molar-refractivity contribution in [1.29, 1.82) is 0 Å². The Labute approximate surface area is 120 Å². The highest BCUT2D eigenvalue weighted by atomic mass is 32.1. The number of rotatable bonds is 4. The van der Waals surface area contributed by atoms with Crippen LogP contribution in [0, 0.1) is 0 Å². The van der Waals surface area contributed by atoms with Gasteiger partial charge in [0, 0.05) is 12.2 Å². The Bertz CT molecular complexity index is 650. The number of benzene rings is 1. The molecule has 20 heavy (non-hydrogen) atoms. The molecular formula is C15H14N2O2S. The lowest BCUT2D eigenvalue weighted by Crippen LogP contribution is -2.24. The summed E-state index contributed by atoms with van der Waals surface area (Å²) in [4.78, 5) is 23.8. The zero-order valence-corrected chi connectivity index (χ0v) is 11.6. The van der Waals surface area contributed by atoms with Gasteiger partial charge in [-0.1, -0.05) is 18.2 Å². The number of anilines is 1. The lowest BCUT2D eigenvalue weighted by atomic mass is 10.1. The van der Waals surface area contributed by atoms with Crippen molar-refractivity contribution in [2.45, 2.75) is 12.8 Å². The Kier molecular flexibility index (Phi) is 3.52. The molecule has 0 unspecified atom stereocenters. The van der Waals surface area contributed by atoms with Gasteiger partial charge in [0.2, 0.25) is 5.91 Å². The van der Waals surface area contributed by atoms with Crippen molar-refractivity contribution >= 4 is 28.8 Å². The molecule has 0 saturated heterocycles. The molecule has 1 aromatic heterocycles. The Morgan fingerprint density at radius 1 is 1.35 bits per heavy atom. The minimum absolute atomic E-state index is 0.0296. The SMILES string of the molecule is O=C1Cc2cc(CCNC(=O)c3cccs3)ccc2N1. The molecule has 5 heteroatoms. The lowest BCUT2D eigenvalue weighted by Gasteiger charge is -2.06. The van der Waals surface area contributed by atoms with Crippen LogP contribution in [0.1, 0.15) is 20.8 Å². The number of nitrogens with one attached hydrogen (secondary N) is 2. The highest BCUT2D eigenvalue weighted by molar-refractivity contribution is 7.12. The van der Waals surface area contributed by atoms with Crippen LogP contribution < -0.4 is 10.6 Å². The van der Waals surface area contributed by atoms with Crippen LogP contribution in [0.3, 0.4) is 0 Å². The summed E-state index contributed by atoms with van der Waals surface area (Å²) in [5.74, 6) is 0.0150. The normalized spacial score (nSPS) is 12.9. The second-order valence-corrected chi connectivity index (χ2v) is 5.65. The third kappa shape index (κ3) is 2.72. The molecule has 0 saturated carbocycles. The summed E-state index contributed by atoms with van der Waals surface area (Å²) >= 11 is 1.44. The van der Waals surface area contributed by atoms with Gasteiger partial charge < -0.3 is 10.6 Å². The quantitative estimate of drug-likeness (QED) is 0.905. The molecule has 102 valence electrons. The van der Waals surface area contributed by atoms with Crippen molar-refractivity contribution in [3.05, 3.63) is 51.7 Å². The van der Waals surface area contributed by atoms with Gasteiger partial charge in [0.1, 0.15) is 0 Å². The molecule has 2 amide bonds. The van der Waals surface area contributed by atoms with Crippen LogP contribution in [-0.2, 0) is 17.6 Å². The van der Waals surface area contributed by atoms with Crippen molar-refractivity contribution in [2.24, 2.45) is 0 Å². The first-order valence-corrected chi connectivity index (χ1v) is 7.34. The summed E-state index contributed by atoms with van der Waals surface area (Å²) < 4.78 is 0. The van der Waals surface area contributed by atoms with Crippen molar-refractivity contribution in [3.8, 4) is 0 Å². The van der Waals surface area contributed by atoms with E-state index in [2.05, 4.69) is 10.6 Å². The topological polar surface area (TPSA) is 58.2 Å². The fourth-order valence-electron chi connectivity index (χ4n) is 2.25. The molecule has 1 aliphatic rings. The monoisotopic (exact) mass is 286 g/mol. The van der Waals surface area contributed by atoms with E-state index in [1.165, 1.54) is 11.3 Å². The number of thiophene rings is 1. The summed E-state index contributed by atoms with van der Waals surface area (Å²) in [7, 11) is 0. The zero-order valence-electron chi connectivity index (χ0n) is 10.8. The maximum Gasteiger partial charge on any atom is 0.261 e. The predicted octanol–water partition coefficient (Wildman–Crippen LogP) is 2.22. The van der Waals surface area contributed by atoms with E-state index in [4.69, 9.17) is 0 Å². The number of hydrogen-bond donors (Lipinski definition) is 2. The first kappa shape index (κ1) is 12.9. The minimum Gasteiger partial charge on any atom is -0.351 e. The number of amides is 2. The van der Waals surface area contributed by atoms with Crippen LogP contribution in [0.25, 0.3) is 0 Å². The molecule has 2 aromatic rings. The van der Waals surface area contributed by atoms with Gasteiger partial charge >= 0.3 is 0 Å². The molecule has 0 aliphatic carbocycles. The average molecular weight is 286 g/mol. The van der Waals surface area contributed by atoms with Gasteiger partial charge in [0.25, 0.3) is 5.91 Å². The van der Waals surface area contributed by atoms with E-state index >= 15 is 0 Å². The van der Waals surface area contributed by atoms with Gasteiger partial charge in [0.15, 0.2) is 0 Å². The number of fused-ring (bicyclic) bond motifs is 1. The van der Waals surface area contributed by atoms with Crippen LogP contribution in [0.5, 0.6) is 0 Å².